The SMILES string of the molecule is C=CCOCOC(=O)C(=C)c1ccccc1. The average Bonchev–Trinajstić information content (AvgIpc) is 2.34. The lowest BCUT2D eigenvalue weighted by Gasteiger charge is -2.06. The van der Waals surface area contributed by atoms with E-state index in [0.717, 1.165) is 5.56 Å². The lowest BCUT2D eigenvalue weighted by molar-refractivity contribution is -0.147. The van der Waals surface area contributed by atoms with Gasteiger partial charge in [0.25, 0.3) is 0 Å². The summed E-state index contributed by atoms with van der Waals surface area (Å²) in [7, 11) is 0. The second kappa shape index (κ2) is 6.58. The molecule has 3 nitrogen and oxygen atoms in total. The topological polar surface area (TPSA) is 35.5 Å². The van der Waals surface area contributed by atoms with E-state index in [0.29, 0.717) is 12.2 Å². The molecule has 0 spiro atoms. The predicted octanol–water partition coefficient (Wildman–Crippen LogP) is 2.40. The average molecular weight is 218 g/mol. The summed E-state index contributed by atoms with van der Waals surface area (Å²) in [6, 6.07) is 9.14. The minimum absolute atomic E-state index is 0.0866. The molecule has 0 heterocycles. The van der Waals surface area contributed by atoms with Gasteiger partial charge in [0.05, 0.1) is 12.2 Å². The fourth-order valence-corrected chi connectivity index (χ4v) is 1.07. The highest BCUT2D eigenvalue weighted by atomic mass is 16.7. The Bertz CT molecular complexity index is 368. The minimum atomic E-state index is -0.477. The maximum Gasteiger partial charge on any atom is 0.340 e. The molecule has 0 aliphatic heterocycles. The van der Waals surface area contributed by atoms with Crippen LogP contribution in [0.3, 0.4) is 0 Å². The zero-order chi connectivity index (χ0) is 11.8. The molecule has 0 unspecified atom stereocenters. The van der Waals surface area contributed by atoms with E-state index in [2.05, 4.69) is 13.2 Å². The quantitative estimate of drug-likeness (QED) is 0.242. The predicted molar refractivity (Wildman–Crippen MR) is 62.6 cm³/mol. The Morgan fingerprint density at radius 1 is 1.31 bits per heavy atom. The Labute approximate surface area is 95.0 Å². The Morgan fingerprint density at radius 2 is 2.00 bits per heavy atom. The standard InChI is InChI=1S/C13H14O3/c1-3-9-15-10-16-13(14)11(2)12-7-5-4-6-8-12/h3-8H,1-2,9-10H2. The van der Waals surface area contributed by atoms with E-state index in [1.54, 1.807) is 18.2 Å². The molecular formula is C13H14O3. The Hall–Kier alpha value is -1.87. The largest absolute Gasteiger partial charge is 0.435 e. The molecule has 0 saturated carbocycles. The highest BCUT2D eigenvalue weighted by molar-refractivity contribution is 6.15. The van der Waals surface area contributed by atoms with Crippen molar-refractivity contribution in [3.05, 3.63) is 55.1 Å². The lowest BCUT2D eigenvalue weighted by atomic mass is 10.1. The van der Waals surface area contributed by atoms with Gasteiger partial charge in [0.1, 0.15) is 0 Å². The number of hydrogen-bond acceptors (Lipinski definition) is 3. The van der Waals surface area contributed by atoms with Crippen LogP contribution in [0.5, 0.6) is 0 Å². The molecule has 0 amide bonds. The number of benzene rings is 1. The number of ether oxygens (including phenoxy) is 2. The van der Waals surface area contributed by atoms with Gasteiger partial charge in [-0.25, -0.2) is 4.79 Å². The minimum Gasteiger partial charge on any atom is -0.435 e. The van der Waals surface area contributed by atoms with Crippen LogP contribution < -0.4 is 0 Å². The lowest BCUT2D eigenvalue weighted by Crippen LogP contribution is -2.09. The van der Waals surface area contributed by atoms with Gasteiger partial charge in [-0.15, -0.1) is 6.58 Å². The number of hydrogen-bond donors (Lipinski definition) is 0. The molecule has 0 aliphatic rings. The summed E-state index contributed by atoms with van der Waals surface area (Å²) < 4.78 is 9.79. The van der Waals surface area contributed by atoms with Gasteiger partial charge in [0.15, 0.2) is 6.79 Å². The van der Waals surface area contributed by atoms with Crippen molar-refractivity contribution in [2.24, 2.45) is 0 Å². The molecule has 0 fully saturated rings. The van der Waals surface area contributed by atoms with E-state index >= 15 is 0 Å². The van der Waals surface area contributed by atoms with Gasteiger partial charge in [-0.3, -0.25) is 0 Å². The van der Waals surface area contributed by atoms with E-state index in [9.17, 15) is 4.79 Å². The van der Waals surface area contributed by atoms with Gasteiger partial charge in [-0.1, -0.05) is 43.0 Å². The summed E-state index contributed by atoms with van der Waals surface area (Å²) in [6.45, 7) is 7.42. The van der Waals surface area contributed by atoms with Gasteiger partial charge >= 0.3 is 5.97 Å². The molecule has 0 aliphatic carbocycles. The number of esters is 1. The molecule has 0 N–H and O–H groups in total. The Kier molecular flexibility index (Phi) is 5.02. The first-order valence-electron chi connectivity index (χ1n) is 4.86. The first-order valence-corrected chi connectivity index (χ1v) is 4.86. The van der Waals surface area contributed by atoms with E-state index in [1.807, 2.05) is 18.2 Å². The zero-order valence-corrected chi connectivity index (χ0v) is 9.02. The maximum absolute atomic E-state index is 11.5. The fraction of sp³-hybridized carbons (Fsp3) is 0.154. The number of carbonyl (C=O) groups is 1. The van der Waals surface area contributed by atoms with Crippen LogP contribution in [0.4, 0.5) is 0 Å². The molecule has 1 aromatic rings. The van der Waals surface area contributed by atoms with Crippen LogP contribution in [0.15, 0.2) is 49.6 Å². The molecule has 0 atom stereocenters. The zero-order valence-electron chi connectivity index (χ0n) is 9.02. The van der Waals surface area contributed by atoms with Crippen molar-refractivity contribution >= 4 is 11.5 Å². The van der Waals surface area contributed by atoms with Crippen LogP contribution in [0.25, 0.3) is 5.57 Å². The Morgan fingerprint density at radius 3 is 2.62 bits per heavy atom. The van der Waals surface area contributed by atoms with Crippen LogP contribution in [0, 0.1) is 0 Å². The van der Waals surface area contributed by atoms with E-state index in [1.165, 1.54) is 0 Å². The fourth-order valence-electron chi connectivity index (χ4n) is 1.07. The highest BCUT2D eigenvalue weighted by Crippen LogP contribution is 2.12. The van der Waals surface area contributed by atoms with Crippen molar-refractivity contribution in [1.82, 2.24) is 0 Å². The third-order valence-corrected chi connectivity index (χ3v) is 1.88. The smallest absolute Gasteiger partial charge is 0.340 e. The number of carbonyl (C=O) groups excluding carboxylic acids is 1. The molecule has 0 aromatic heterocycles. The molecule has 0 radical (unpaired) electrons. The first-order chi connectivity index (χ1) is 7.75. The van der Waals surface area contributed by atoms with Gasteiger partial charge in [0, 0.05) is 0 Å². The molecule has 16 heavy (non-hydrogen) atoms. The van der Waals surface area contributed by atoms with Crippen LogP contribution in [0.1, 0.15) is 5.56 Å². The van der Waals surface area contributed by atoms with E-state index in [-0.39, 0.29) is 6.79 Å². The summed E-state index contributed by atoms with van der Waals surface area (Å²) in [5.74, 6) is -0.477. The second-order valence-corrected chi connectivity index (χ2v) is 3.05. The molecule has 1 rings (SSSR count). The van der Waals surface area contributed by atoms with Crippen molar-refractivity contribution in [2.45, 2.75) is 0 Å². The van der Waals surface area contributed by atoms with Crippen molar-refractivity contribution in [2.75, 3.05) is 13.4 Å². The van der Waals surface area contributed by atoms with Gasteiger partial charge in [0.2, 0.25) is 0 Å². The van der Waals surface area contributed by atoms with Crippen molar-refractivity contribution < 1.29 is 14.3 Å². The van der Waals surface area contributed by atoms with Crippen molar-refractivity contribution in [1.29, 1.82) is 0 Å². The maximum atomic E-state index is 11.5. The van der Waals surface area contributed by atoms with Gasteiger partial charge in [-0.05, 0) is 5.56 Å². The molecule has 3 heteroatoms. The van der Waals surface area contributed by atoms with Crippen LogP contribution in [0.2, 0.25) is 0 Å². The summed E-state index contributed by atoms with van der Waals surface area (Å²) in [4.78, 5) is 11.5. The van der Waals surface area contributed by atoms with Crippen molar-refractivity contribution in [3.63, 3.8) is 0 Å². The van der Waals surface area contributed by atoms with Gasteiger partial charge < -0.3 is 9.47 Å². The number of rotatable bonds is 6. The highest BCUT2D eigenvalue weighted by Gasteiger charge is 2.09. The van der Waals surface area contributed by atoms with Crippen LogP contribution in [-0.4, -0.2) is 19.4 Å². The van der Waals surface area contributed by atoms with E-state index in [4.69, 9.17) is 9.47 Å². The molecule has 1 aromatic carbocycles. The molecule has 0 saturated heterocycles. The summed E-state index contributed by atoms with van der Waals surface area (Å²) in [6.07, 6.45) is 1.58. The molecule has 84 valence electrons. The van der Waals surface area contributed by atoms with Gasteiger partial charge in [-0.2, -0.15) is 0 Å². The van der Waals surface area contributed by atoms with E-state index < -0.39 is 5.97 Å². The summed E-state index contributed by atoms with van der Waals surface area (Å²) in [5, 5.41) is 0. The van der Waals surface area contributed by atoms with Crippen LogP contribution >= 0.6 is 0 Å². The third-order valence-electron chi connectivity index (χ3n) is 1.88. The summed E-state index contributed by atoms with van der Waals surface area (Å²) >= 11 is 0. The van der Waals surface area contributed by atoms with Crippen LogP contribution in [-0.2, 0) is 14.3 Å². The summed E-state index contributed by atoms with van der Waals surface area (Å²) in [5.41, 5.74) is 1.07. The Balaban J connectivity index is 2.43. The second-order valence-electron chi connectivity index (χ2n) is 3.05. The first kappa shape index (κ1) is 12.2. The molecular weight excluding hydrogens is 204 g/mol. The normalized spacial score (nSPS) is 9.50. The monoisotopic (exact) mass is 218 g/mol. The third kappa shape index (κ3) is 3.71. The van der Waals surface area contributed by atoms with Crippen molar-refractivity contribution in [3.8, 4) is 0 Å². The molecule has 0 bridgehead atoms.